The molecular formula is C16H22N2O. The van der Waals surface area contributed by atoms with E-state index in [0.29, 0.717) is 0 Å². The van der Waals surface area contributed by atoms with E-state index in [9.17, 15) is 5.11 Å². The molecule has 0 spiro atoms. The number of fused-ring (bicyclic) bond motifs is 1. The van der Waals surface area contributed by atoms with Gasteiger partial charge in [0, 0.05) is 42.1 Å². The predicted molar refractivity (Wildman–Crippen MR) is 78.0 cm³/mol. The Morgan fingerprint density at radius 1 is 1.37 bits per heavy atom. The summed E-state index contributed by atoms with van der Waals surface area (Å²) in [5.41, 5.74) is 2.54. The lowest BCUT2D eigenvalue weighted by molar-refractivity contribution is -0.0268. The fraction of sp³-hybridized carbons (Fsp3) is 0.500. The van der Waals surface area contributed by atoms with E-state index >= 15 is 0 Å². The van der Waals surface area contributed by atoms with Crippen LogP contribution in [-0.2, 0) is 6.54 Å². The van der Waals surface area contributed by atoms with Gasteiger partial charge in [-0.1, -0.05) is 32.0 Å². The van der Waals surface area contributed by atoms with Gasteiger partial charge in [-0.2, -0.15) is 0 Å². The van der Waals surface area contributed by atoms with Gasteiger partial charge in [0.25, 0.3) is 0 Å². The monoisotopic (exact) mass is 258 g/mol. The maximum absolute atomic E-state index is 10.0. The topological polar surface area (TPSA) is 39.3 Å². The summed E-state index contributed by atoms with van der Waals surface area (Å²) in [5.74, 6) is 0. The van der Waals surface area contributed by atoms with E-state index in [1.165, 1.54) is 16.5 Å². The van der Waals surface area contributed by atoms with Crippen LogP contribution in [0.25, 0.3) is 10.9 Å². The number of para-hydroxylation sites is 1. The molecule has 1 aliphatic heterocycles. The summed E-state index contributed by atoms with van der Waals surface area (Å²) in [7, 11) is 0. The number of hydrogen-bond donors (Lipinski definition) is 2. The number of piperidine rings is 1. The molecule has 1 aromatic carbocycles. The van der Waals surface area contributed by atoms with Crippen LogP contribution in [0, 0.1) is 5.41 Å². The minimum absolute atomic E-state index is 0.00956. The van der Waals surface area contributed by atoms with Crippen LogP contribution >= 0.6 is 0 Å². The van der Waals surface area contributed by atoms with Gasteiger partial charge < -0.3 is 10.1 Å². The van der Waals surface area contributed by atoms with Crippen molar-refractivity contribution in [1.29, 1.82) is 0 Å². The first-order chi connectivity index (χ1) is 9.06. The number of aliphatic hydroxyl groups excluding tert-OH is 1. The van der Waals surface area contributed by atoms with Crippen LogP contribution in [0.1, 0.15) is 25.8 Å². The normalized spacial score (nSPS) is 23.8. The largest absolute Gasteiger partial charge is 0.392 e. The van der Waals surface area contributed by atoms with E-state index in [1.807, 2.05) is 0 Å². The predicted octanol–water partition coefficient (Wildman–Crippen LogP) is 2.76. The number of benzene rings is 1. The molecule has 102 valence electrons. The van der Waals surface area contributed by atoms with Gasteiger partial charge in [0.2, 0.25) is 0 Å². The van der Waals surface area contributed by atoms with Gasteiger partial charge >= 0.3 is 0 Å². The van der Waals surface area contributed by atoms with Crippen LogP contribution in [-0.4, -0.2) is 34.2 Å². The molecule has 0 bridgehead atoms. The van der Waals surface area contributed by atoms with Crippen LogP contribution in [0.5, 0.6) is 0 Å². The van der Waals surface area contributed by atoms with E-state index in [-0.39, 0.29) is 11.5 Å². The smallest absolute Gasteiger partial charge is 0.0615 e. The standard InChI is InChI=1S/C16H22N2O/c1-16(2)11-18(8-7-15(16)19)10-12-9-17-14-6-4-3-5-13(12)14/h3-6,9,15,17,19H,7-8,10-11H2,1-2H3. The molecule has 0 saturated carbocycles. The molecule has 3 rings (SSSR count). The number of rotatable bonds is 2. The molecule has 2 aromatic rings. The summed E-state index contributed by atoms with van der Waals surface area (Å²) in [6.07, 6.45) is 2.81. The van der Waals surface area contributed by atoms with Gasteiger partial charge in [-0.05, 0) is 18.1 Å². The zero-order valence-corrected chi connectivity index (χ0v) is 11.7. The van der Waals surface area contributed by atoms with Crippen LogP contribution in [0.2, 0.25) is 0 Å². The van der Waals surface area contributed by atoms with Gasteiger partial charge in [-0.15, -0.1) is 0 Å². The fourth-order valence-corrected chi connectivity index (χ4v) is 3.09. The Labute approximate surface area is 114 Å². The van der Waals surface area contributed by atoms with Crippen LogP contribution in [0.3, 0.4) is 0 Å². The molecule has 1 aromatic heterocycles. The van der Waals surface area contributed by atoms with Crippen molar-refractivity contribution in [3.05, 3.63) is 36.0 Å². The lowest BCUT2D eigenvalue weighted by atomic mass is 9.81. The molecule has 0 radical (unpaired) electrons. The average Bonchev–Trinajstić information content (AvgIpc) is 2.77. The zero-order valence-electron chi connectivity index (χ0n) is 11.7. The molecule has 2 N–H and O–H groups in total. The van der Waals surface area contributed by atoms with Crippen LogP contribution < -0.4 is 0 Å². The van der Waals surface area contributed by atoms with Gasteiger partial charge in [-0.3, -0.25) is 4.90 Å². The third-order valence-electron chi connectivity index (χ3n) is 4.32. The number of H-pyrrole nitrogens is 1. The average molecular weight is 258 g/mol. The molecule has 1 unspecified atom stereocenters. The minimum atomic E-state index is -0.174. The van der Waals surface area contributed by atoms with Crippen molar-refractivity contribution in [3.8, 4) is 0 Å². The number of nitrogens with one attached hydrogen (secondary N) is 1. The molecule has 1 aliphatic rings. The van der Waals surface area contributed by atoms with E-state index in [1.54, 1.807) is 0 Å². The van der Waals surface area contributed by atoms with Crippen molar-refractivity contribution in [2.75, 3.05) is 13.1 Å². The Hall–Kier alpha value is -1.32. The number of nitrogens with zero attached hydrogens (tertiary/aromatic N) is 1. The van der Waals surface area contributed by atoms with Crippen molar-refractivity contribution in [2.45, 2.75) is 32.9 Å². The van der Waals surface area contributed by atoms with Gasteiger partial charge in [-0.25, -0.2) is 0 Å². The summed E-state index contributed by atoms with van der Waals surface area (Å²) >= 11 is 0. The van der Waals surface area contributed by atoms with Crippen molar-refractivity contribution in [2.24, 2.45) is 5.41 Å². The Balaban J connectivity index is 1.79. The number of aromatic amines is 1. The SMILES string of the molecule is CC1(C)CN(Cc2c[nH]c3ccccc23)CCC1O. The third-order valence-corrected chi connectivity index (χ3v) is 4.32. The Kier molecular flexibility index (Phi) is 3.11. The Bertz CT molecular complexity index is 573. The number of aliphatic hydroxyl groups is 1. The molecule has 19 heavy (non-hydrogen) atoms. The second kappa shape index (κ2) is 4.66. The Morgan fingerprint density at radius 3 is 2.95 bits per heavy atom. The number of hydrogen-bond acceptors (Lipinski definition) is 2. The van der Waals surface area contributed by atoms with Crippen molar-refractivity contribution < 1.29 is 5.11 Å². The summed E-state index contributed by atoms with van der Waals surface area (Å²) in [5, 5.41) is 11.3. The molecule has 0 amide bonds. The van der Waals surface area contributed by atoms with Gasteiger partial charge in [0.15, 0.2) is 0 Å². The summed E-state index contributed by atoms with van der Waals surface area (Å²) < 4.78 is 0. The summed E-state index contributed by atoms with van der Waals surface area (Å²) in [6, 6.07) is 8.43. The molecule has 1 fully saturated rings. The molecule has 3 nitrogen and oxygen atoms in total. The summed E-state index contributed by atoms with van der Waals surface area (Å²) in [4.78, 5) is 5.78. The van der Waals surface area contributed by atoms with Crippen molar-refractivity contribution in [1.82, 2.24) is 9.88 Å². The molecule has 2 heterocycles. The van der Waals surface area contributed by atoms with E-state index in [4.69, 9.17) is 0 Å². The van der Waals surface area contributed by atoms with E-state index in [0.717, 1.165) is 26.1 Å². The van der Waals surface area contributed by atoms with Gasteiger partial charge in [0.05, 0.1) is 6.10 Å². The highest BCUT2D eigenvalue weighted by Crippen LogP contribution is 2.30. The quantitative estimate of drug-likeness (QED) is 0.869. The maximum Gasteiger partial charge on any atom is 0.0615 e. The number of aromatic nitrogens is 1. The first-order valence-electron chi connectivity index (χ1n) is 7.02. The first kappa shape index (κ1) is 12.7. The molecule has 1 saturated heterocycles. The Morgan fingerprint density at radius 2 is 2.16 bits per heavy atom. The lowest BCUT2D eigenvalue weighted by Gasteiger charge is -2.41. The molecule has 0 aliphatic carbocycles. The van der Waals surface area contributed by atoms with Crippen molar-refractivity contribution in [3.63, 3.8) is 0 Å². The highest BCUT2D eigenvalue weighted by atomic mass is 16.3. The molecule has 1 atom stereocenters. The highest BCUT2D eigenvalue weighted by Gasteiger charge is 2.34. The van der Waals surface area contributed by atoms with Crippen molar-refractivity contribution >= 4 is 10.9 Å². The minimum Gasteiger partial charge on any atom is -0.392 e. The molecule has 3 heteroatoms. The van der Waals surface area contributed by atoms with Gasteiger partial charge in [0.1, 0.15) is 0 Å². The first-order valence-corrected chi connectivity index (χ1v) is 7.02. The highest BCUT2D eigenvalue weighted by molar-refractivity contribution is 5.82. The van der Waals surface area contributed by atoms with E-state index in [2.05, 4.69) is 54.2 Å². The third kappa shape index (κ3) is 2.40. The van der Waals surface area contributed by atoms with Crippen LogP contribution in [0.15, 0.2) is 30.5 Å². The summed E-state index contributed by atoms with van der Waals surface area (Å²) in [6.45, 7) is 7.19. The zero-order chi connectivity index (χ0) is 13.5. The van der Waals surface area contributed by atoms with Crippen LogP contribution in [0.4, 0.5) is 0 Å². The number of likely N-dealkylation sites (tertiary alicyclic amines) is 1. The second-order valence-corrected chi connectivity index (χ2v) is 6.36. The maximum atomic E-state index is 10.0. The lowest BCUT2D eigenvalue weighted by Crippen LogP contribution is -2.48. The fourth-order valence-electron chi connectivity index (χ4n) is 3.09. The van der Waals surface area contributed by atoms with E-state index < -0.39 is 0 Å². The second-order valence-electron chi connectivity index (χ2n) is 6.36. The molecular weight excluding hydrogens is 236 g/mol.